The highest BCUT2D eigenvalue weighted by Gasteiger charge is 2.01. The van der Waals surface area contributed by atoms with Gasteiger partial charge in [-0.05, 0) is 25.5 Å². The van der Waals surface area contributed by atoms with Crippen molar-refractivity contribution in [2.75, 3.05) is 32.8 Å². The molecular formula is C17H28N4O2. The van der Waals surface area contributed by atoms with Gasteiger partial charge in [-0.2, -0.15) is 0 Å². The molecule has 0 spiro atoms. The molecule has 0 aliphatic heterocycles. The highest BCUT2D eigenvalue weighted by Crippen LogP contribution is 2.07. The van der Waals surface area contributed by atoms with Crippen LogP contribution in [0, 0.1) is 0 Å². The van der Waals surface area contributed by atoms with Gasteiger partial charge < -0.3 is 20.7 Å². The van der Waals surface area contributed by atoms with E-state index < -0.39 is 0 Å². The normalized spacial score (nSPS) is 11.0. The minimum absolute atomic E-state index is 0.0406. The van der Waals surface area contributed by atoms with Crippen LogP contribution in [-0.2, 0) is 4.79 Å². The van der Waals surface area contributed by atoms with Crippen molar-refractivity contribution in [3.63, 3.8) is 0 Å². The van der Waals surface area contributed by atoms with Gasteiger partial charge in [-0.1, -0.05) is 25.1 Å². The molecule has 0 bridgehead atoms. The molecule has 6 nitrogen and oxygen atoms in total. The molecule has 0 saturated carbocycles. The number of nitrogens with one attached hydrogen (secondary N) is 3. The lowest BCUT2D eigenvalue weighted by molar-refractivity contribution is -0.120. The summed E-state index contributed by atoms with van der Waals surface area (Å²) in [6.45, 7) is 7.18. The predicted octanol–water partition coefficient (Wildman–Crippen LogP) is 1.54. The summed E-state index contributed by atoms with van der Waals surface area (Å²) in [5.41, 5.74) is 0. The van der Waals surface area contributed by atoms with Gasteiger partial charge in [0.25, 0.3) is 0 Å². The Balaban J connectivity index is 2.25. The number of rotatable bonds is 10. The van der Waals surface area contributed by atoms with E-state index in [2.05, 4.69) is 20.9 Å². The SMILES string of the molecule is CCCNC(=O)CCN=C(NCC)NCCOc1ccccc1. The maximum Gasteiger partial charge on any atom is 0.221 e. The molecule has 0 unspecified atom stereocenters. The van der Waals surface area contributed by atoms with E-state index in [-0.39, 0.29) is 5.91 Å². The van der Waals surface area contributed by atoms with E-state index in [0.717, 1.165) is 25.3 Å². The second-order valence-electron chi connectivity index (χ2n) is 4.95. The lowest BCUT2D eigenvalue weighted by Crippen LogP contribution is -2.39. The molecule has 0 aliphatic carbocycles. The fraction of sp³-hybridized carbons (Fsp3) is 0.529. The zero-order valence-corrected chi connectivity index (χ0v) is 14.1. The minimum atomic E-state index is 0.0406. The molecule has 0 atom stereocenters. The summed E-state index contributed by atoms with van der Waals surface area (Å²) < 4.78 is 5.61. The van der Waals surface area contributed by atoms with Crippen molar-refractivity contribution in [1.82, 2.24) is 16.0 Å². The number of hydrogen-bond donors (Lipinski definition) is 3. The molecule has 1 rings (SSSR count). The van der Waals surface area contributed by atoms with Crippen LogP contribution >= 0.6 is 0 Å². The highest BCUT2D eigenvalue weighted by molar-refractivity contribution is 5.80. The summed E-state index contributed by atoms with van der Waals surface area (Å²) in [5, 5.41) is 9.18. The third kappa shape index (κ3) is 9.39. The molecular weight excluding hydrogens is 292 g/mol. The molecule has 0 saturated heterocycles. The largest absolute Gasteiger partial charge is 0.492 e. The number of nitrogens with zero attached hydrogens (tertiary/aromatic N) is 1. The van der Waals surface area contributed by atoms with Crippen molar-refractivity contribution in [2.45, 2.75) is 26.7 Å². The van der Waals surface area contributed by atoms with Crippen LogP contribution in [0.2, 0.25) is 0 Å². The summed E-state index contributed by atoms with van der Waals surface area (Å²) >= 11 is 0. The van der Waals surface area contributed by atoms with Gasteiger partial charge in [-0.3, -0.25) is 9.79 Å². The number of benzene rings is 1. The van der Waals surface area contributed by atoms with E-state index in [4.69, 9.17) is 4.74 Å². The Hall–Kier alpha value is -2.24. The summed E-state index contributed by atoms with van der Waals surface area (Å²) in [7, 11) is 0. The van der Waals surface area contributed by atoms with Crippen LogP contribution < -0.4 is 20.7 Å². The van der Waals surface area contributed by atoms with Crippen LogP contribution in [0.15, 0.2) is 35.3 Å². The number of para-hydroxylation sites is 1. The Morgan fingerprint density at radius 3 is 2.57 bits per heavy atom. The molecule has 1 aromatic carbocycles. The molecule has 128 valence electrons. The molecule has 0 heterocycles. The van der Waals surface area contributed by atoms with Gasteiger partial charge in [-0.25, -0.2) is 0 Å². The minimum Gasteiger partial charge on any atom is -0.492 e. The van der Waals surface area contributed by atoms with Crippen LogP contribution in [0.25, 0.3) is 0 Å². The number of carbonyl (C=O) groups is 1. The highest BCUT2D eigenvalue weighted by atomic mass is 16.5. The first-order chi connectivity index (χ1) is 11.3. The Labute approximate surface area is 138 Å². The van der Waals surface area contributed by atoms with Crippen molar-refractivity contribution in [3.05, 3.63) is 30.3 Å². The Bertz CT molecular complexity index is 463. The molecule has 0 aliphatic rings. The van der Waals surface area contributed by atoms with Gasteiger partial charge in [0.1, 0.15) is 12.4 Å². The molecule has 6 heteroatoms. The Kier molecular flexibility index (Phi) is 10.1. The summed E-state index contributed by atoms with van der Waals surface area (Å²) in [6, 6.07) is 9.69. The van der Waals surface area contributed by atoms with Crippen molar-refractivity contribution in [1.29, 1.82) is 0 Å². The maximum atomic E-state index is 11.5. The van der Waals surface area contributed by atoms with Crippen LogP contribution in [0.3, 0.4) is 0 Å². The van der Waals surface area contributed by atoms with E-state index in [1.54, 1.807) is 0 Å². The standard InChI is InChI=1S/C17H28N4O2/c1-3-11-19-16(22)10-12-20-17(18-4-2)21-13-14-23-15-8-6-5-7-9-15/h5-9H,3-4,10-14H2,1-2H3,(H,19,22)(H2,18,20,21). The van der Waals surface area contributed by atoms with Gasteiger partial charge in [0, 0.05) is 19.5 Å². The number of hydrogen-bond acceptors (Lipinski definition) is 3. The zero-order valence-electron chi connectivity index (χ0n) is 14.1. The smallest absolute Gasteiger partial charge is 0.221 e. The van der Waals surface area contributed by atoms with E-state index in [9.17, 15) is 4.79 Å². The monoisotopic (exact) mass is 320 g/mol. The second kappa shape index (κ2) is 12.3. The molecule has 3 N–H and O–H groups in total. The van der Waals surface area contributed by atoms with E-state index in [0.29, 0.717) is 32.1 Å². The van der Waals surface area contributed by atoms with E-state index >= 15 is 0 Å². The number of aliphatic imine (C=N–C) groups is 1. The van der Waals surface area contributed by atoms with Crippen LogP contribution in [0.1, 0.15) is 26.7 Å². The molecule has 0 aromatic heterocycles. The Morgan fingerprint density at radius 1 is 1.09 bits per heavy atom. The molecule has 0 radical (unpaired) electrons. The molecule has 1 amide bonds. The molecule has 23 heavy (non-hydrogen) atoms. The summed E-state index contributed by atoms with van der Waals surface area (Å²) in [6.07, 6.45) is 1.34. The fourth-order valence-corrected chi connectivity index (χ4v) is 1.82. The van der Waals surface area contributed by atoms with E-state index in [1.807, 2.05) is 44.2 Å². The third-order valence-corrected chi connectivity index (χ3v) is 2.93. The molecule has 1 aromatic rings. The first-order valence-electron chi connectivity index (χ1n) is 8.23. The Morgan fingerprint density at radius 2 is 1.87 bits per heavy atom. The van der Waals surface area contributed by atoms with Crippen molar-refractivity contribution < 1.29 is 9.53 Å². The topological polar surface area (TPSA) is 74.8 Å². The lowest BCUT2D eigenvalue weighted by atomic mass is 10.3. The van der Waals surface area contributed by atoms with Crippen LogP contribution in [-0.4, -0.2) is 44.7 Å². The molecule has 0 fully saturated rings. The van der Waals surface area contributed by atoms with Gasteiger partial charge in [0.15, 0.2) is 5.96 Å². The number of amides is 1. The van der Waals surface area contributed by atoms with Gasteiger partial charge >= 0.3 is 0 Å². The van der Waals surface area contributed by atoms with Gasteiger partial charge in [0.2, 0.25) is 5.91 Å². The summed E-state index contributed by atoms with van der Waals surface area (Å²) in [5.74, 6) is 1.59. The van der Waals surface area contributed by atoms with E-state index in [1.165, 1.54) is 0 Å². The van der Waals surface area contributed by atoms with Crippen molar-refractivity contribution in [3.8, 4) is 5.75 Å². The zero-order chi connectivity index (χ0) is 16.8. The maximum absolute atomic E-state index is 11.5. The lowest BCUT2D eigenvalue weighted by Gasteiger charge is -2.12. The fourth-order valence-electron chi connectivity index (χ4n) is 1.82. The van der Waals surface area contributed by atoms with Crippen molar-refractivity contribution >= 4 is 11.9 Å². The average molecular weight is 320 g/mol. The van der Waals surface area contributed by atoms with Crippen molar-refractivity contribution in [2.24, 2.45) is 4.99 Å². The first kappa shape index (κ1) is 18.8. The first-order valence-corrected chi connectivity index (χ1v) is 8.23. The summed E-state index contributed by atoms with van der Waals surface area (Å²) in [4.78, 5) is 15.9. The van der Waals surface area contributed by atoms with Gasteiger partial charge in [0.05, 0.1) is 13.1 Å². The number of ether oxygens (including phenoxy) is 1. The number of carbonyl (C=O) groups excluding carboxylic acids is 1. The van der Waals surface area contributed by atoms with Crippen LogP contribution in [0.4, 0.5) is 0 Å². The third-order valence-electron chi connectivity index (χ3n) is 2.93. The quantitative estimate of drug-likeness (QED) is 0.347. The predicted molar refractivity (Wildman–Crippen MR) is 93.8 cm³/mol. The number of guanidine groups is 1. The van der Waals surface area contributed by atoms with Crippen LogP contribution in [0.5, 0.6) is 5.75 Å². The average Bonchev–Trinajstić information content (AvgIpc) is 2.57. The second-order valence-corrected chi connectivity index (χ2v) is 4.95. The van der Waals surface area contributed by atoms with Gasteiger partial charge in [-0.15, -0.1) is 0 Å².